The minimum absolute atomic E-state index is 0.330. The van der Waals surface area contributed by atoms with E-state index >= 15 is 0 Å². The zero-order valence-electron chi connectivity index (χ0n) is 10.9. The van der Waals surface area contributed by atoms with Gasteiger partial charge >= 0.3 is 19.5 Å². The lowest BCUT2D eigenvalue weighted by Gasteiger charge is -2.26. The highest BCUT2D eigenvalue weighted by molar-refractivity contribution is 7.55. The third kappa shape index (κ3) is 3.56. The van der Waals surface area contributed by atoms with Crippen molar-refractivity contribution in [3.63, 3.8) is 0 Å². The molecule has 1 rings (SSSR count). The molecule has 0 spiro atoms. The third-order valence-electron chi connectivity index (χ3n) is 2.37. The van der Waals surface area contributed by atoms with Crippen molar-refractivity contribution in [2.45, 2.75) is 0 Å². The molecule has 0 fully saturated rings. The second-order valence-corrected chi connectivity index (χ2v) is 5.83. The molecule has 19 heavy (non-hydrogen) atoms. The SMILES string of the molecule is CNC(=O)C(=O)N(C)P(=O)(NC)Oc1ccccc1. The number of rotatable bonds is 4. The molecular weight excluding hydrogens is 269 g/mol. The van der Waals surface area contributed by atoms with E-state index in [4.69, 9.17) is 4.52 Å². The summed E-state index contributed by atoms with van der Waals surface area (Å²) >= 11 is 0. The molecule has 0 saturated heterocycles. The standard InChI is InChI=1S/C11H16N3O4P/c1-12-10(15)11(16)14(3)19(17,13-2)18-9-7-5-4-6-8-9/h4-8H,1-3H3,(H,12,15)(H,13,17). The molecule has 0 aromatic heterocycles. The molecule has 1 atom stereocenters. The second-order valence-electron chi connectivity index (χ2n) is 3.56. The van der Waals surface area contributed by atoms with Crippen LogP contribution in [0.3, 0.4) is 0 Å². The van der Waals surface area contributed by atoms with Crippen molar-refractivity contribution in [1.82, 2.24) is 15.1 Å². The van der Waals surface area contributed by atoms with Gasteiger partial charge in [0, 0.05) is 14.1 Å². The van der Waals surface area contributed by atoms with E-state index in [1.807, 2.05) is 0 Å². The van der Waals surface area contributed by atoms with E-state index in [0.717, 1.165) is 4.67 Å². The Hall–Kier alpha value is -1.85. The number of hydrogen-bond acceptors (Lipinski definition) is 4. The van der Waals surface area contributed by atoms with Crippen molar-refractivity contribution in [3.8, 4) is 5.75 Å². The van der Waals surface area contributed by atoms with Crippen molar-refractivity contribution < 1.29 is 18.7 Å². The topological polar surface area (TPSA) is 87.7 Å². The van der Waals surface area contributed by atoms with E-state index in [1.165, 1.54) is 21.1 Å². The number of nitrogens with zero attached hydrogens (tertiary/aromatic N) is 1. The maximum Gasteiger partial charge on any atom is 0.421 e. The molecule has 0 aliphatic rings. The van der Waals surface area contributed by atoms with Gasteiger partial charge in [0.2, 0.25) is 0 Å². The number of carbonyl (C=O) groups is 2. The normalized spacial score (nSPS) is 13.2. The van der Waals surface area contributed by atoms with E-state index in [1.54, 1.807) is 30.3 Å². The first kappa shape index (κ1) is 15.2. The molecule has 0 heterocycles. The maximum absolute atomic E-state index is 12.5. The van der Waals surface area contributed by atoms with Crippen LogP contribution >= 0.6 is 7.67 Å². The van der Waals surface area contributed by atoms with Crippen LogP contribution in [0.2, 0.25) is 0 Å². The third-order valence-corrected chi connectivity index (χ3v) is 4.36. The van der Waals surface area contributed by atoms with Crippen molar-refractivity contribution in [1.29, 1.82) is 0 Å². The number of nitrogens with one attached hydrogen (secondary N) is 2. The van der Waals surface area contributed by atoms with Gasteiger partial charge in [0.25, 0.3) is 0 Å². The highest BCUT2D eigenvalue weighted by atomic mass is 31.2. The lowest BCUT2D eigenvalue weighted by atomic mass is 10.3. The zero-order valence-corrected chi connectivity index (χ0v) is 11.8. The highest BCUT2D eigenvalue weighted by Crippen LogP contribution is 2.45. The quantitative estimate of drug-likeness (QED) is 0.624. The zero-order chi connectivity index (χ0) is 14.5. The molecule has 0 radical (unpaired) electrons. The minimum atomic E-state index is -3.66. The van der Waals surface area contributed by atoms with Crippen LogP contribution in [-0.4, -0.2) is 37.6 Å². The molecule has 1 unspecified atom stereocenters. The number of benzene rings is 1. The van der Waals surface area contributed by atoms with Gasteiger partial charge in [-0.2, -0.15) is 0 Å². The summed E-state index contributed by atoms with van der Waals surface area (Å²) in [6.45, 7) is 0. The van der Waals surface area contributed by atoms with Crippen molar-refractivity contribution in [2.75, 3.05) is 21.1 Å². The molecule has 1 aromatic rings. The molecular formula is C11H16N3O4P. The monoisotopic (exact) mass is 285 g/mol. The molecule has 0 aliphatic carbocycles. The number of carbonyl (C=O) groups excluding carboxylic acids is 2. The summed E-state index contributed by atoms with van der Waals surface area (Å²) in [6, 6.07) is 8.38. The van der Waals surface area contributed by atoms with E-state index in [9.17, 15) is 14.2 Å². The highest BCUT2D eigenvalue weighted by Gasteiger charge is 2.35. The summed E-state index contributed by atoms with van der Waals surface area (Å²) in [5.41, 5.74) is 0. The average molecular weight is 285 g/mol. The Morgan fingerprint density at radius 3 is 2.26 bits per heavy atom. The number of hydrogen-bond donors (Lipinski definition) is 2. The van der Waals surface area contributed by atoms with Crippen LogP contribution in [-0.2, 0) is 14.2 Å². The van der Waals surface area contributed by atoms with E-state index in [2.05, 4.69) is 10.4 Å². The van der Waals surface area contributed by atoms with Gasteiger partial charge in [0.1, 0.15) is 5.75 Å². The van der Waals surface area contributed by atoms with Crippen LogP contribution in [0.4, 0.5) is 0 Å². The van der Waals surface area contributed by atoms with Crippen LogP contribution in [0.25, 0.3) is 0 Å². The number of amides is 2. The molecule has 2 amide bonds. The Labute approximate surface area is 111 Å². The van der Waals surface area contributed by atoms with E-state index < -0.39 is 19.5 Å². The van der Waals surface area contributed by atoms with Crippen molar-refractivity contribution >= 4 is 19.5 Å². The van der Waals surface area contributed by atoms with Crippen molar-refractivity contribution in [3.05, 3.63) is 30.3 Å². The fraction of sp³-hybridized carbons (Fsp3) is 0.273. The first-order valence-electron chi connectivity index (χ1n) is 5.48. The number of likely N-dealkylation sites (N-methyl/N-ethyl adjacent to an activating group) is 2. The lowest BCUT2D eigenvalue weighted by Crippen LogP contribution is -2.40. The Kier molecular flexibility index (Phi) is 5.09. The minimum Gasteiger partial charge on any atom is -0.418 e. The van der Waals surface area contributed by atoms with Gasteiger partial charge in [-0.15, -0.1) is 0 Å². The first-order chi connectivity index (χ1) is 8.94. The Bertz CT molecular complexity index is 506. The predicted octanol–water partition coefficient (Wildman–Crippen LogP) is 0.597. The van der Waals surface area contributed by atoms with Gasteiger partial charge in [-0.05, 0) is 19.2 Å². The van der Waals surface area contributed by atoms with Crippen LogP contribution in [0.5, 0.6) is 5.75 Å². The summed E-state index contributed by atoms with van der Waals surface area (Å²) in [5, 5.41) is 4.62. The second kappa shape index (κ2) is 6.36. The Morgan fingerprint density at radius 1 is 1.21 bits per heavy atom. The summed E-state index contributed by atoms with van der Waals surface area (Å²) < 4.78 is 18.6. The average Bonchev–Trinajstić information content (AvgIpc) is 2.45. The molecule has 0 bridgehead atoms. The summed E-state index contributed by atoms with van der Waals surface area (Å²) in [7, 11) is 0.273. The Balaban J connectivity index is 2.94. The van der Waals surface area contributed by atoms with Gasteiger partial charge in [-0.25, -0.2) is 14.3 Å². The largest absolute Gasteiger partial charge is 0.421 e. The summed E-state index contributed by atoms with van der Waals surface area (Å²) in [5.74, 6) is -1.48. The van der Waals surface area contributed by atoms with Gasteiger partial charge < -0.3 is 9.84 Å². The fourth-order valence-electron chi connectivity index (χ4n) is 1.25. The molecule has 1 aromatic carbocycles. The maximum atomic E-state index is 12.5. The van der Waals surface area contributed by atoms with Crippen molar-refractivity contribution in [2.24, 2.45) is 0 Å². The fourth-order valence-corrected chi connectivity index (χ4v) is 2.51. The molecule has 0 saturated carbocycles. The molecule has 8 heteroatoms. The smallest absolute Gasteiger partial charge is 0.418 e. The Morgan fingerprint density at radius 2 is 1.79 bits per heavy atom. The number of para-hydroxylation sites is 1. The molecule has 7 nitrogen and oxygen atoms in total. The molecule has 104 valence electrons. The van der Waals surface area contributed by atoms with Gasteiger partial charge in [-0.1, -0.05) is 18.2 Å². The van der Waals surface area contributed by atoms with Crippen LogP contribution < -0.4 is 14.9 Å². The molecule has 0 aliphatic heterocycles. The van der Waals surface area contributed by atoms with E-state index in [-0.39, 0.29) is 0 Å². The van der Waals surface area contributed by atoms with E-state index in [0.29, 0.717) is 5.75 Å². The van der Waals surface area contributed by atoms with Crippen LogP contribution in [0, 0.1) is 0 Å². The van der Waals surface area contributed by atoms with Crippen LogP contribution in [0.15, 0.2) is 30.3 Å². The van der Waals surface area contributed by atoms with Gasteiger partial charge in [-0.3, -0.25) is 9.59 Å². The predicted molar refractivity (Wildman–Crippen MR) is 70.6 cm³/mol. The molecule has 2 N–H and O–H groups in total. The van der Waals surface area contributed by atoms with Crippen LogP contribution in [0.1, 0.15) is 0 Å². The van der Waals surface area contributed by atoms with Gasteiger partial charge in [0.15, 0.2) is 0 Å². The first-order valence-corrected chi connectivity index (χ1v) is 7.06. The summed E-state index contributed by atoms with van der Waals surface area (Å²) in [6.07, 6.45) is 0. The summed E-state index contributed by atoms with van der Waals surface area (Å²) in [4.78, 5) is 23.0. The van der Waals surface area contributed by atoms with Gasteiger partial charge in [0.05, 0.1) is 0 Å². The lowest BCUT2D eigenvalue weighted by molar-refractivity contribution is -0.142.